The SMILES string of the molecule is COc1cccc2cc(CN[C@@H]3CCN(C(=O)C4CC4)C[C@@H]3C)oc12. The Morgan fingerprint density at radius 3 is 2.92 bits per heavy atom. The van der Waals surface area contributed by atoms with Crippen molar-refractivity contribution in [3.05, 3.63) is 30.0 Å². The maximum atomic E-state index is 12.2. The average molecular weight is 342 g/mol. The molecule has 1 amide bonds. The van der Waals surface area contributed by atoms with Crippen molar-refractivity contribution in [2.24, 2.45) is 11.8 Å². The fourth-order valence-corrected chi connectivity index (χ4v) is 3.81. The van der Waals surface area contributed by atoms with Crippen molar-refractivity contribution < 1.29 is 13.9 Å². The zero-order chi connectivity index (χ0) is 17.4. The molecule has 2 heterocycles. The Balaban J connectivity index is 1.36. The lowest BCUT2D eigenvalue weighted by Gasteiger charge is -2.37. The third-order valence-electron chi connectivity index (χ3n) is 5.46. The van der Waals surface area contributed by atoms with Crippen LogP contribution < -0.4 is 10.1 Å². The molecule has 25 heavy (non-hydrogen) atoms. The molecule has 5 nitrogen and oxygen atoms in total. The first-order valence-corrected chi connectivity index (χ1v) is 9.23. The van der Waals surface area contributed by atoms with Gasteiger partial charge >= 0.3 is 0 Å². The topological polar surface area (TPSA) is 54.7 Å². The molecule has 134 valence electrons. The van der Waals surface area contributed by atoms with Crippen molar-refractivity contribution in [2.75, 3.05) is 20.2 Å². The predicted octanol–water partition coefficient (Wildman–Crippen LogP) is 3.18. The van der Waals surface area contributed by atoms with E-state index in [1.807, 2.05) is 18.2 Å². The lowest BCUT2D eigenvalue weighted by atomic mass is 9.93. The lowest BCUT2D eigenvalue weighted by Crippen LogP contribution is -2.50. The van der Waals surface area contributed by atoms with Gasteiger partial charge in [0.2, 0.25) is 5.91 Å². The lowest BCUT2D eigenvalue weighted by molar-refractivity contribution is -0.134. The quantitative estimate of drug-likeness (QED) is 0.907. The second kappa shape index (κ2) is 6.71. The molecule has 2 aromatic rings. The number of rotatable bonds is 5. The van der Waals surface area contributed by atoms with Crippen molar-refractivity contribution in [1.29, 1.82) is 0 Å². The third-order valence-corrected chi connectivity index (χ3v) is 5.46. The first-order chi connectivity index (χ1) is 12.2. The van der Waals surface area contributed by atoms with E-state index in [0.29, 0.717) is 30.3 Å². The Morgan fingerprint density at radius 1 is 1.36 bits per heavy atom. The van der Waals surface area contributed by atoms with Crippen LogP contribution in [0, 0.1) is 11.8 Å². The molecular weight excluding hydrogens is 316 g/mol. The third kappa shape index (κ3) is 3.38. The van der Waals surface area contributed by atoms with Gasteiger partial charge in [0.05, 0.1) is 13.7 Å². The second-order valence-electron chi connectivity index (χ2n) is 7.40. The maximum Gasteiger partial charge on any atom is 0.225 e. The van der Waals surface area contributed by atoms with Crippen LogP contribution in [-0.4, -0.2) is 37.0 Å². The summed E-state index contributed by atoms with van der Waals surface area (Å²) in [5.41, 5.74) is 0.805. The van der Waals surface area contributed by atoms with Crippen LogP contribution >= 0.6 is 0 Å². The highest BCUT2D eigenvalue weighted by atomic mass is 16.5. The van der Waals surface area contributed by atoms with E-state index in [0.717, 1.165) is 54.8 Å². The molecule has 4 rings (SSSR count). The minimum atomic E-state index is 0.322. The molecule has 1 aromatic heterocycles. The summed E-state index contributed by atoms with van der Waals surface area (Å²) in [6, 6.07) is 8.41. The van der Waals surface area contributed by atoms with Crippen LogP contribution in [0.25, 0.3) is 11.0 Å². The van der Waals surface area contributed by atoms with Crippen LogP contribution in [0.15, 0.2) is 28.7 Å². The van der Waals surface area contributed by atoms with Gasteiger partial charge < -0.3 is 19.4 Å². The molecule has 2 fully saturated rings. The molecular formula is C20H26N2O3. The Bertz CT molecular complexity index is 765. The molecule has 1 aliphatic heterocycles. The predicted molar refractivity (Wildman–Crippen MR) is 96.5 cm³/mol. The largest absolute Gasteiger partial charge is 0.493 e. The number of fused-ring (bicyclic) bond motifs is 1. The molecule has 2 aliphatic rings. The van der Waals surface area contributed by atoms with Gasteiger partial charge in [-0.1, -0.05) is 19.1 Å². The van der Waals surface area contributed by atoms with E-state index in [9.17, 15) is 4.79 Å². The monoisotopic (exact) mass is 342 g/mol. The minimum Gasteiger partial charge on any atom is -0.493 e. The van der Waals surface area contributed by atoms with Crippen LogP contribution in [0.5, 0.6) is 5.75 Å². The zero-order valence-electron chi connectivity index (χ0n) is 15.0. The number of nitrogens with zero attached hydrogens (tertiary/aromatic N) is 1. The van der Waals surface area contributed by atoms with Crippen LogP contribution in [-0.2, 0) is 11.3 Å². The molecule has 1 aliphatic carbocycles. The van der Waals surface area contributed by atoms with Crippen LogP contribution in [0.2, 0.25) is 0 Å². The first kappa shape index (κ1) is 16.5. The molecule has 0 spiro atoms. The second-order valence-corrected chi connectivity index (χ2v) is 7.40. The van der Waals surface area contributed by atoms with Crippen molar-refractivity contribution in [2.45, 2.75) is 38.8 Å². The zero-order valence-corrected chi connectivity index (χ0v) is 15.0. The summed E-state index contributed by atoms with van der Waals surface area (Å²) in [4.78, 5) is 14.3. The van der Waals surface area contributed by atoms with E-state index in [2.05, 4.69) is 23.2 Å². The highest BCUT2D eigenvalue weighted by Crippen LogP contribution is 2.33. The van der Waals surface area contributed by atoms with Crippen molar-refractivity contribution >= 4 is 16.9 Å². The van der Waals surface area contributed by atoms with Crippen LogP contribution in [0.3, 0.4) is 0 Å². The van der Waals surface area contributed by atoms with Gasteiger partial charge in [-0.3, -0.25) is 4.79 Å². The highest BCUT2D eigenvalue weighted by molar-refractivity contribution is 5.83. The number of furan rings is 1. The number of nitrogens with one attached hydrogen (secondary N) is 1. The molecule has 1 N–H and O–H groups in total. The number of ether oxygens (including phenoxy) is 1. The van der Waals surface area contributed by atoms with E-state index in [-0.39, 0.29) is 0 Å². The Labute approximate surface area is 148 Å². The number of hydrogen-bond acceptors (Lipinski definition) is 4. The maximum absolute atomic E-state index is 12.2. The fourth-order valence-electron chi connectivity index (χ4n) is 3.81. The van der Waals surface area contributed by atoms with Crippen LogP contribution in [0.4, 0.5) is 0 Å². The smallest absolute Gasteiger partial charge is 0.225 e. The number of para-hydroxylation sites is 1. The van der Waals surface area contributed by atoms with E-state index >= 15 is 0 Å². The van der Waals surface area contributed by atoms with Crippen molar-refractivity contribution in [3.63, 3.8) is 0 Å². The molecule has 5 heteroatoms. The Kier molecular flexibility index (Phi) is 4.42. The average Bonchev–Trinajstić information content (AvgIpc) is 3.38. The number of amides is 1. The van der Waals surface area contributed by atoms with Gasteiger partial charge in [0.15, 0.2) is 11.3 Å². The Morgan fingerprint density at radius 2 is 2.20 bits per heavy atom. The highest BCUT2D eigenvalue weighted by Gasteiger charge is 2.36. The van der Waals surface area contributed by atoms with Gasteiger partial charge in [-0.25, -0.2) is 0 Å². The summed E-state index contributed by atoms with van der Waals surface area (Å²) in [6.07, 6.45) is 3.17. The van der Waals surface area contributed by atoms with Gasteiger partial charge in [0.25, 0.3) is 0 Å². The summed E-state index contributed by atoms with van der Waals surface area (Å²) >= 11 is 0. The summed E-state index contributed by atoms with van der Waals surface area (Å²) < 4.78 is 11.3. The minimum absolute atomic E-state index is 0.322. The molecule has 0 radical (unpaired) electrons. The Hall–Kier alpha value is -2.01. The van der Waals surface area contributed by atoms with E-state index in [1.165, 1.54) is 0 Å². The molecule has 1 saturated carbocycles. The summed E-state index contributed by atoms with van der Waals surface area (Å²) in [5, 5.41) is 4.68. The van der Waals surface area contributed by atoms with Crippen molar-refractivity contribution in [3.8, 4) is 5.75 Å². The number of likely N-dealkylation sites (tertiary alicyclic amines) is 1. The van der Waals surface area contributed by atoms with E-state index in [4.69, 9.17) is 9.15 Å². The van der Waals surface area contributed by atoms with Gasteiger partial charge in [0, 0.05) is 30.4 Å². The fraction of sp³-hybridized carbons (Fsp3) is 0.550. The number of methoxy groups -OCH3 is 1. The van der Waals surface area contributed by atoms with Crippen molar-refractivity contribution in [1.82, 2.24) is 10.2 Å². The summed E-state index contributed by atoms with van der Waals surface area (Å²) in [5.74, 6) is 2.83. The van der Waals surface area contributed by atoms with Gasteiger partial charge in [-0.15, -0.1) is 0 Å². The van der Waals surface area contributed by atoms with E-state index < -0.39 is 0 Å². The van der Waals surface area contributed by atoms with Gasteiger partial charge in [-0.2, -0.15) is 0 Å². The van der Waals surface area contributed by atoms with Gasteiger partial charge in [0.1, 0.15) is 5.76 Å². The number of carbonyl (C=O) groups excluding carboxylic acids is 1. The summed E-state index contributed by atoms with van der Waals surface area (Å²) in [6.45, 7) is 4.65. The number of carbonyl (C=O) groups is 1. The van der Waals surface area contributed by atoms with Crippen LogP contribution in [0.1, 0.15) is 31.9 Å². The normalized spacial score (nSPS) is 23.8. The first-order valence-electron chi connectivity index (χ1n) is 9.23. The molecule has 0 unspecified atom stereocenters. The molecule has 1 aromatic carbocycles. The number of hydrogen-bond donors (Lipinski definition) is 1. The molecule has 2 atom stereocenters. The van der Waals surface area contributed by atoms with Gasteiger partial charge in [-0.05, 0) is 37.3 Å². The standard InChI is InChI=1S/C20H26N2O3/c1-13-12-22(20(23)14-6-7-14)9-8-17(13)21-11-16-10-15-4-3-5-18(24-2)19(15)25-16/h3-5,10,13-14,17,21H,6-9,11-12H2,1-2H3/t13-,17+/m0/s1. The molecule has 1 saturated heterocycles. The summed E-state index contributed by atoms with van der Waals surface area (Å²) in [7, 11) is 1.66. The number of benzene rings is 1. The van der Waals surface area contributed by atoms with E-state index in [1.54, 1.807) is 7.11 Å². The number of piperidine rings is 1. The molecule has 0 bridgehead atoms.